The molecule has 1 spiro atoms. The summed E-state index contributed by atoms with van der Waals surface area (Å²) in [7, 11) is 2.65. The van der Waals surface area contributed by atoms with E-state index in [2.05, 4.69) is 13.8 Å². The summed E-state index contributed by atoms with van der Waals surface area (Å²) in [5.74, 6) is -5.11. The van der Waals surface area contributed by atoms with Gasteiger partial charge in [0.1, 0.15) is 30.5 Å². The molecule has 0 aromatic rings. The number of hydrogen-bond donors (Lipinski definition) is 1. The van der Waals surface area contributed by atoms with Crippen molar-refractivity contribution in [3.05, 3.63) is 23.3 Å². The van der Waals surface area contributed by atoms with Crippen molar-refractivity contribution in [1.29, 1.82) is 0 Å². The second-order valence-electron chi connectivity index (χ2n) is 20.5. The zero-order chi connectivity index (χ0) is 50.8. The zero-order valence-corrected chi connectivity index (χ0v) is 43.4. The lowest BCUT2D eigenvalue weighted by Gasteiger charge is -2.52. The molecule has 0 aromatic heterocycles. The lowest BCUT2D eigenvalue weighted by Crippen LogP contribution is -2.57. The molecule has 0 radical (unpaired) electrons. The standard InChI is InChI=1S/C52H86O15/c1-16-44(54)63-40(21-20-36(10)51(59)61-15)38(12)50(62-39(13)53)42(64-46(56)22-30(2)3)27-37(11)49(65-47(57)23-31(4)5)43-25-34(8)29-52(67-43)28-33(7)24-41(66-52)48(58)35(9)19-17-18-32(6)26-45(55)60-14/h19-20,30-34,37-38,40-43,48-50,58H,16-18,21-29H2,1-15H3/b35-19+,36-20+/t32-,33+,34-,37-,38-,40-,41-,42+,43-,48-,49-,50+,52-/m0/s1. The quantitative estimate of drug-likeness (QED) is 0.0373. The highest BCUT2D eigenvalue weighted by Crippen LogP contribution is 2.46. The Bertz CT molecular complexity index is 1670. The third kappa shape index (κ3) is 20.4. The molecule has 0 aliphatic carbocycles. The minimum Gasteiger partial charge on any atom is -0.469 e. The molecule has 13 atom stereocenters. The van der Waals surface area contributed by atoms with Gasteiger partial charge in [-0.2, -0.15) is 0 Å². The highest BCUT2D eigenvalue weighted by atomic mass is 16.7. The van der Waals surface area contributed by atoms with Gasteiger partial charge in [0.2, 0.25) is 0 Å². The number of methoxy groups -OCH3 is 2. The van der Waals surface area contributed by atoms with Crippen molar-refractivity contribution in [2.24, 2.45) is 41.4 Å². The molecular formula is C52H86O15. The molecule has 0 saturated carbocycles. The molecular weight excluding hydrogens is 865 g/mol. The summed E-state index contributed by atoms with van der Waals surface area (Å²) in [6.45, 7) is 23.8. The van der Waals surface area contributed by atoms with Crippen LogP contribution in [0.5, 0.6) is 0 Å². The maximum Gasteiger partial charge on any atom is 0.333 e. The van der Waals surface area contributed by atoms with Crippen molar-refractivity contribution in [2.75, 3.05) is 14.2 Å². The highest BCUT2D eigenvalue weighted by Gasteiger charge is 2.51. The number of aliphatic hydroxyl groups excluding tert-OH is 1. The molecule has 15 nitrogen and oxygen atoms in total. The van der Waals surface area contributed by atoms with Crippen molar-refractivity contribution in [2.45, 2.75) is 216 Å². The molecule has 384 valence electrons. The molecule has 0 aromatic carbocycles. The van der Waals surface area contributed by atoms with Gasteiger partial charge in [0, 0.05) is 63.4 Å². The summed E-state index contributed by atoms with van der Waals surface area (Å²) in [6.07, 6.45) is 1.79. The number of ether oxygens (including phenoxy) is 8. The lowest BCUT2D eigenvalue weighted by molar-refractivity contribution is -0.347. The Kier molecular flexibility index (Phi) is 25.3. The molecule has 0 amide bonds. The van der Waals surface area contributed by atoms with Gasteiger partial charge in [-0.1, -0.05) is 81.4 Å². The first-order valence-electron chi connectivity index (χ1n) is 24.6. The molecule has 15 heteroatoms. The van der Waals surface area contributed by atoms with Crippen molar-refractivity contribution in [3.8, 4) is 0 Å². The van der Waals surface area contributed by atoms with E-state index in [-0.39, 0.29) is 73.2 Å². The fraction of sp³-hybridized carbons (Fsp3) is 0.808. The molecule has 0 unspecified atom stereocenters. The molecule has 1 N–H and O–H groups in total. The molecule has 2 aliphatic heterocycles. The monoisotopic (exact) mass is 951 g/mol. The van der Waals surface area contributed by atoms with Crippen LogP contribution in [0.1, 0.15) is 167 Å². The number of aliphatic hydroxyl groups is 1. The predicted octanol–water partition coefficient (Wildman–Crippen LogP) is 8.94. The topological polar surface area (TPSA) is 196 Å². The number of allylic oxidation sites excluding steroid dienone is 1. The summed E-state index contributed by atoms with van der Waals surface area (Å²) < 4.78 is 48.2. The fourth-order valence-electron chi connectivity index (χ4n) is 9.32. The lowest BCUT2D eigenvalue weighted by atomic mass is 9.79. The largest absolute Gasteiger partial charge is 0.469 e. The maximum absolute atomic E-state index is 13.7. The fourth-order valence-corrected chi connectivity index (χ4v) is 9.32. The summed E-state index contributed by atoms with van der Waals surface area (Å²) >= 11 is 0. The summed E-state index contributed by atoms with van der Waals surface area (Å²) in [5.41, 5.74) is 1.06. The van der Waals surface area contributed by atoms with Gasteiger partial charge < -0.3 is 43.0 Å². The van der Waals surface area contributed by atoms with Crippen LogP contribution < -0.4 is 0 Å². The SMILES string of the molecule is CCC(=O)O[C@@H](C/C=C(\C)C(=O)OC)[C@H](C)[C@@H](OC(C)=O)[C@@H](C[C@H](C)[C@H](OC(=O)CC(C)C)[C@@H]1C[C@H](C)C[C@]2(C[C@H](C)C[C@@H]([C@@H](O)/C(C)=C/CC[C@H](C)CC(=O)OC)O2)O1)OC(=O)CC(C)C. The minimum absolute atomic E-state index is 0.00306. The van der Waals surface area contributed by atoms with Crippen molar-refractivity contribution >= 4 is 35.8 Å². The van der Waals surface area contributed by atoms with Gasteiger partial charge in [-0.05, 0) is 87.0 Å². The van der Waals surface area contributed by atoms with Crippen LogP contribution in [0.2, 0.25) is 0 Å². The average Bonchev–Trinajstić information content (AvgIpc) is 3.23. The number of carbonyl (C=O) groups excluding carboxylic acids is 6. The third-order valence-electron chi connectivity index (χ3n) is 12.7. The van der Waals surface area contributed by atoms with Crippen LogP contribution in [-0.4, -0.2) is 104 Å². The smallest absolute Gasteiger partial charge is 0.333 e. The normalized spacial score (nSPS) is 24.9. The van der Waals surface area contributed by atoms with Gasteiger partial charge in [0.05, 0.1) is 26.4 Å². The molecule has 0 bridgehead atoms. The number of carbonyl (C=O) groups is 6. The Morgan fingerprint density at radius 2 is 1.25 bits per heavy atom. The zero-order valence-electron chi connectivity index (χ0n) is 43.4. The van der Waals surface area contributed by atoms with Crippen LogP contribution in [0.4, 0.5) is 0 Å². The third-order valence-corrected chi connectivity index (χ3v) is 12.7. The average molecular weight is 951 g/mol. The first-order chi connectivity index (χ1) is 31.3. The van der Waals surface area contributed by atoms with Crippen LogP contribution in [0.15, 0.2) is 23.3 Å². The Morgan fingerprint density at radius 1 is 0.701 bits per heavy atom. The number of rotatable bonds is 26. The van der Waals surface area contributed by atoms with E-state index in [9.17, 15) is 33.9 Å². The molecule has 2 heterocycles. The van der Waals surface area contributed by atoms with Gasteiger partial charge in [-0.25, -0.2) is 4.79 Å². The van der Waals surface area contributed by atoms with E-state index in [4.69, 9.17) is 37.9 Å². The first-order valence-corrected chi connectivity index (χ1v) is 24.6. The molecule has 2 aliphatic rings. The van der Waals surface area contributed by atoms with Crippen LogP contribution in [0.3, 0.4) is 0 Å². The van der Waals surface area contributed by atoms with Crippen molar-refractivity contribution in [3.63, 3.8) is 0 Å². The van der Waals surface area contributed by atoms with E-state index in [1.54, 1.807) is 26.8 Å². The van der Waals surface area contributed by atoms with E-state index in [1.165, 1.54) is 21.1 Å². The first kappa shape index (κ1) is 59.3. The van der Waals surface area contributed by atoms with Crippen LogP contribution in [0, 0.1) is 41.4 Å². The predicted molar refractivity (Wildman–Crippen MR) is 252 cm³/mol. The summed E-state index contributed by atoms with van der Waals surface area (Å²) in [4.78, 5) is 77.2. The summed E-state index contributed by atoms with van der Waals surface area (Å²) in [5, 5.41) is 11.7. The van der Waals surface area contributed by atoms with E-state index < -0.39 is 90.2 Å². The molecule has 2 saturated heterocycles. The molecule has 2 rings (SSSR count). The van der Waals surface area contributed by atoms with Gasteiger partial charge in [0.25, 0.3) is 0 Å². The second kappa shape index (κ2) is 28.6. The Labute approximate surface area is 401 Å². The van der Waals surface area contributed by atoms with Gasteiger partial charge >= 0.3 is 35.8 Å². The number of esters is 6. The minimum atomic E-state index is -1.14. The molecule has 2 fully saturated rings. The van der Waals surface area contributed by atoms with Crippen molar-refractivity contribution in [1.82, 2.24) is 0 Å². The van der Waals surface area contributed by atoms with Gasteiger partial charge in [-0.3, -0.25) is 24.0 Å². The highest BCUT2D eigenvalue weighted by molar-refractivity contribution is 5.87. The van der Waals surface area contributed by atoms with Crippen molar-refractivity contribution < 1.29 is 71.8 Å². The maximum atomic E-state index is 13.7. The van der Waals surface area contributed by atoms with E-state index in [1.807, 2.05) is 54.5 Å². The summed E-state index contributed by atoms with van der Waals surface area (Å²) in [6, 6.07) is 0. The van der Waals surface area contributed by atoms with Crippen LogP contribution >= 0.6 is 0 Å². The Morgan fingerprint density at radius 3 is 1.79 bits per heavy atom. The Balaban J connectivity index is 2.62. The van der Waals surface area contributed by atoms with E-state index >= 15 is 0 Å². The number of hydrogen-bond acceptors (Lipinski definition) is 15. The molecule has 67 heavy (non-hydrogen) atoms. The second-order valence-corrected chi connectivity index (χ2v) is 20.5. The van der Waals surface area contributed by atoms with Crippen LogP contribution in [0.25, 0.3) is 0 Å². The van der Waals surface area contributed by atoms with Crippen LogP contribution in [-0.2, 0) is 66.7 Å². The van der Waals surface area contributed by atoms with Gasteiger partial charge in [-0.15, -0.1) is 0 Å². The van der Waals surface area contributed by atoms with Gasteiger partial charge in [0.15, 0.2) is 5.79 Å². The Hall–Kier alpha value is -3.82. The van der Waals surface area contributed by atoms with E-state index in [0.29, 0.717) is 38.5 Å². The van der Waals surface area contributed by atoms with E-state index in [0.717, 1.165) is 12.0 Å².